The lowest BCUT2D eigenvalue weighted by molar-refractivity contribution is -0.129. The van der Waals surface area contributed by atoms with E-state index >= 15 is 0 Å². The van der Waals surface area contributed by atoms with Gasteiger partial charge < -0.3 is 9.64 Å². The van der Waals surface area contributed by atoms with Gasteiger partial charge in [0.05, 0.1) is 17.9 Å². The van der Waals surface area contributed by atoms with Crippen molar-refractivity contribution in [1.82, 2.24) is 9.21 Å². The minimum absolute atomic E-state index is 0.0180. The van der Waals surface area contributed by atoms with Gasteiger partial charge in [0.15, 0.2) is 0 Å². The summed E-state index contributed by atoms with van der Waals surface area (Å²) in [5.74, 6) is 0.797. The highest BCUT2D eigenvalue weighted by Gasteiger charge is 2.25. The third kappa shape index (κ3) is 5.61. The van der Waals surface area contributed by atoms with E-state index in [1.165, 1.54) is 0 Å². The van der Waals surface area contributed by atoms with E-state index in [0.29, 0.717) is 31.1 Å². The number of benzene rings is 2. The van der Waals surface area contributed by atoms with E-state index in [4.69, 9.17) is 4.74 Å². The fourth-order valence-electron chi connectivity index (χ4n) is 3.56. The molecule has 0 radical (unpaired) electrons. The SMILES string of the molecule is CCOc1ccc(CN(C)C(=O)Cc2ccc(S(=O)(=O)N3CCCCC3)cc2)cc1. The van der Waals surface area contributed by atoms with E-state index in [1.807, 2.05) is 31.2 Å². The average molecular weight is 431 g/mol. The maximum absolute atomic E-state index is 12.7. The Labute approximate surface area is 179 Å². The van der Waals surface area contributed by atoms with Crippen LogP contribution in [-0.4, -0.2) is 50.3 Å². The van der Waals surface area contributed by atoms with Crippen molar-refractivity contribution < 1.29 is 17.9 Å². The van der Waals surface area contributed by atoms with Crippen LogP contribution in [0.1, 0.15) is 37.3 Å². The normalized spacial score (nSPS) is 15.0. The molecule has 2 aromatic rings. The summed E-state index contributed by atoms with van der Waals surface area (Å²) < 4.78 is 32.5. The predicted molar refractivity (Wildman–Crippen MR) is 117 cm³/mol. The van der Waals surface area contributed by atoms with Gasteiger partial charge >= 0.3 is 0 Å². The third-order valence-electron chi connectivity index (χ3n) is 5.31. The molecule has 0 unspecified atom stereocenters. The Hall–Kier alpha value is -2.38. The van der Waals surface area contributed by atoms with Crippen LogP contribution >= 0.6 is 0 Å². The van der Waals surface area contributed by atoms with E-state index in [2.05, 4.69) is 0 Å². The first-order chi connectivity index (χ1) is 14.4. The molecule has 0 N–H and O–H groups in total. The molecule has 30 heavy (non-hydrogen) atoms. The Morgan fingerprint density at radius 1 is 0.967 bits per heavy atom. The van der Waals surface area contributed by atoms with Crippen molar-refractivity contribution in [3.8, 4) is 5.75 Å². The molecule has 6 nitrogen and oxygen atoms in total. The Kier molecular flexibility index (Phi) is 7.50. The molecular weight excluding hydrogens is 400 g/mol. The predicted octanol–water partition coefficient (Wildman–Crippen LogP) is 3.46. The van der Waals surface area contributed by atoms with Gasteiger partial charge in [-0.05, 0) is 55.2 Å². The summed E-state index contributed by atoms with van der Waals surface area (Å²) in [6.45, 7) is 4.23. The highest BCUT2D eigenvalue weighted by Crippen LogP contribution is 2.21. The molecule has 0 atom stereocenters. The van der Waals surface area contributed by atoms with Gasteiger partial charge in [-0.2, -0.15) is 4.31 Å². The van der Waals surface area contributed by atoms with Gasteiger partial charge in [0, 0.05) is 26.7 Å². The largest absolute Gasteiger partial charge is 0.494 e. The van der Waals surface area contributed by atoms with Gasteiger partial charge in [-0.15, -0.1) is 0 Å². The summed E-state index contributed by atoms with van der Waals surface area (Å²) in [4.78, 5) is 14.6. The lowest BCUT2D eigenvalue weighted by Gasteiger charge is -2.25. The van der Waals surface area contributed by atoms with E-state index < -0.39 is 10.0 Å². The quantitative estimate of drug-likeness (QED) is 0.643. The maximum atomic E-state index is 12.7. The number of ether oxygens (including phenoxy) is 1. The number of hydrogen-bond donors (Lipinski definition) is 0. The number of hydrogen-bond acceptors (Lipinski definition) is 4. The lowest BCUT2D eigenvalue weighted by atomic mass is 10.1. The molecule has 0 saturated carbocycles. The Bertz CT molecular complexity index is 934. The van der Waals surface area contributed by atoms with Crippen molar-refractivity contribution in [2.75, 3.05) is 26.7 Å². The molecule has 1 aliphatic heterocycles. The van der Waals surface area contributed by atoms with Gasteiger partial charge in [-0.25, -0.2) is 8.42 Å². The molecule has 1 saturated heterocycles. The van der Waals surface area contributed by atoms with Crippen LogP contribution in [0.5, 0.6) is 5.75 Å². The smallest absolute Gasteiger partial charge is 0.243 e. The second-order valence-electron chi connectivity index (χ2n) is 7.61. The molecule has 3 rings (SSSR count). The minimum Gasteiger partial charge on any atom is -0.494 e. The zero-order valence-electron chi connectivity index (χ0n) is 17.7. The van der Waals surface area contributed by atoms with Crippen molar-refractivity contribution in [3.05, 3.63) is 59.7 Å². The molecule has 1 fully saturated rings. The average Bonchev–Trinajstić information content (AvgIpc) is 2.76. The second kappa shape index (κ2) is 10.1. The number of likely N-dealkylation sites (N-methyl/N-ethyl adjacent to an activating group) is 1. The molecule has 0 aromatic heterocycles. The van der Waals surface area contributed by atoms with Crippen LogP contribution in [0.15, 0.2) is 53.4 Å². The highest BCUT2D eigenvalue weighted by molar-refractivity contribution is 7.89. The summed E-state index contributed by atoms with van der Waals surface area (Å²) in [6, 6.07) is 14.4. The van der Waals surface area contributed by atoms with Crippen LogP contribution in [-0.2, 0) is 27.8 Å². The van der Waals surface area contributed by atoms with Crippen molar-refractivity contribution >= 4 is 15.9 Å². The second-order valence-corrected chi connectivity index (χ2v) is 9.55. The summed E-state index contributed by atoms with van der Waals surface area (Å²) in [5, 5.41) is 0. The Balaban J connectivity index is 1.58. The summed E-state index contributed by atoms with van der Waals surface area (Å²) in [6.07, 6.45) is 3.13. The molecule has 7 heteroatoms. The molecule has 1 amide bonds. The number of amides is 1. The molecule has 2 aromatic carbocycles. The maximum Gasteiger partial charge on any atom is 0.243 e. The van der Waals surface area contributed by atoms with Crippen molar-refractivity contribution in [3.63, 3.8) is 0 Å². The lowest BCUT2D eigenvalue weighted by Crippen LogP contribution is -2.35. The van der Waals surface area contributed by atoms with Crippen molar-refractivity contribution in [2.45, 2.75) is 44.0 Å². The van der Waals surface area contributed by atoms with Gasteiger partial charge in [0.2, 0.25) is 15.9 Å². The van der Waals surface area contributed by atoms with Crippen LogP contribution < -0.4 is 4.74 Å². The Morgan fingerprint density at radius 3 is 2.17 bits per heavy atom. The molecule has 0 spiro atoms. The fraction of sp³-hybridized carbons (Fsp3) is 0.435. The number of rotatable bonds is 8. The first-order valence-electron chi connectivity index (χ1n) is 10.4. The van der Waals surface area contributed by atoms with E-state index in [9.17, 15) is 13.2 Å². The Morgan fingerprint density at radius 2 is 1.57 bits per heavy atom. The summed E-state index contributed by atoms with van der Waals surface area (Å²) >= 11 is 0. The van der Waals surface area contributed by atoms with E-state index in [1.54, 1.807) is 40.5 Å². The monoisotopic (exact) mass is 430 g/mol. The molecule has 0 aliphatic carbocycles. The number of nitrogens with zero attached hydrogens (tertiary/aromatic N) is 2. The number of sulfonamides is 1. The van der Waals surface area contributed by atoms with Gasteiger partial charge in [0.25, 0.3) is 0 Å². The van der Waals surface area contributed by atoms with Crippen LogP contribution in [0.4, 0.5) is 0 Å². The van der Waals surface area contributed by atoms with Crippen LogP contribution in [0.25, 0.3) is 0 Å². The molecular formula is C23H30N2O4S. The first-order valence-corrected chi connectivity index (χ1v) is 11.9. The van der Waals surface area contributed by atoms with E-state index in [-0.39, 0.29) is 12.3 Å². The number of carbonyl (C=O) groups excluding carboxylic acids is 1. The van der Waals surface area contributed by atoms with Crippen molar-refractivity contribution in [1.29, 1.82) is 0 Å². The summed E-state index contributed by atoms with van der Waals surface area (Å²) in [7, 11) is -1.67. The number of carbonyl (C=O) groups is 1. The van der Waals surface area contributed by atoms with Crippen LogP contribution in [0.2, 0.25) is 0 Å². The zero-order valence-corrected chi connectivity index (χ0v) is 18.5. The van der Waals surface area contributed by atoms with Crippen molar-refractivity contribution in [2.24, 2.45) is 0 Å². The highest BCUT2D eigenvalue weighted by atomic mass is 32.2. The van der Waals surface area contributed by atoms with Gasteiger partial charge in [-0.1, -0.05) is 30.7 Å². The molecule has 1 aliphatic rings. The van der Waals surface area contributed by atoms with Gasteiger partial charge in [0.1, 0.15) is 5.75 Å². The fourth-order valence-corrected chi connectivity index (χ4v) is 5.08. The molecule has 0 bridgehead atoms. The molecule has 162 valence electrons. The summed E-state index contributed by atoms with van der Waals surface area (Å²) in [5.41, 5.74) is 1.83. The first kappa shape index (κ1) is 22.3. The molecule has 1 heterocycles. The topological polar surface area (TPSA) is 66.9 Å². The third-order valence-corrected chi connectivity index (χ3v) is 7.22. The number of piperidine rings is 1. The minimum atomic E-state index is -3.44. The van der Waals surface area contributed by atoms with E-state index in [0.717, 1.165) is 36.1 Å². The zero-order chi connectivity index (χ0) is 21.6. The van der Waals surface area contributed by atoms with Crippen LogP contribution in [0, 0.1) is 0 Å². The van der Waals surface area contributed by atoms with Crippen LogP contribution in [0.3, 0.4) is 0 Å². The standard InChI is InChI=1S/C23H30N2O4S/c1-3-29-21-11-7-20(8-12-21)18-24(2)23(26)17-19-9-13-22(14-10-19)30(27,28)25-15-5-4-6-16-25/h7-14H,3-6,15-18H2,1-2H3. The van der Waals surface area contributed by atoms with Gasteiger partial charge in [-0.3, -0.25) is 4.79 Å².